The van der Waals surface area contributed by atoms with Crippen molar-refractivity contribution in [1.29, 1.82) is 0 Å². The number of halogens is 5. The summed E-state index contributed by atoms with van der Waals surface area (Å²) < 4.78 is 86.5. The van der Waals surface area contributed by atoms with E-state index in [1.807, 2.05) is 0 Å². The first-order chi connectivity index (χ1) is 12.8. The van der Waals surface area contributed by atoms with Crippen LogP contribution in [-0.4, -0.2) is 42.0 Å². The number of benzene rings is 1. The molecule has 0 spiro atoms. The first kappa shape index (κ1) is 23.5. The summed E-state index contributed by atoms with van der Waals surface area (Å²) in [5.41, 5.74) is -1.60. The van der Waals surface area contributed by atoms with Gasteiger partial charge < -0.3 is 18.6 Å². The van der Waals surface area contributed by atoms with Gasteiger partial charge in [0, 0.05) is 13.2 Å². The molecule has 0 bridgehead atoms. The van der Waals surface area contributed by atoms with Gasteiger partial charge in [0.25, 0.3) is 6.48 Å². The molecule has 0 atom stereocenters. The van der Waals surface area contributed by atoms with Gasteiger partial charge in [-0.1, -0.05) is 6.42 Å². The van der Waals surface area contributed by atoms with Crippen LogP contribution >= 0.6 is 0 Å². The van der Waals surface area contributed by atoms with E-state index < -0.39 is 56.9 Å². The number of unbranched alkanes of at least 4 members (excludes halogenated alkanes) is 1. The van der Waals surface area contributed by atoms with Crippen molar-refractivity contribution < 1.29 is 45.4 Å². The molecule has 0 N–H and O–H groups in total. The zero-order valence-corrected chi connectivity index (χ0v) is 16.4. The molecule has 0 radical (unpaired) electrons. The molecule has 0 heterocycles. The van der Waals surface area contributed by atoms with Crippen LogP contribution in [0.5, 0.6) is 0 Å². The quantitative estimate of drug-likeness (QED) is 0.0997. The van der Waals surface area contributed by atoms with Gasteiger partial charge in [-0.3, -0.25) is 0 Å². The maximum atomic E-state index is 13.5. The van der Waals surface area contributed by atoms with Gasteiger partial charge in [-0.05, 0) is 26.3 Å². The molecule has 1 aromatic rings. The Labute approximate surface area is 155 Å². The van der Waals surface area contributed by atoms with Gasteiger partial charge in [0.1, 0.15) is 5.56 Å². The number of carbonyl (C=O) groups is 1. The zero-order valence-electron chi connectivity index (χ0n) is 15.0. The molecule has 0 aliphatic heterocycles. The first-order valence-electron chi connectivity index (χ1n) is 8.38. The largest absolute Gasteiger partial charge is 0.462 e. The van der Waals surface area contributed by atoms with Gasteiger partial charge in [-0.2, -0.15) is 0 Å². The minimum absolute atomic E-state index is 0.229. The lowest BCUT2D eigenvalue weighted by Gasteiger charge is -2.17. The highest BCUT2D eigenvalue weighted by Crippen LogP contribution is 2.23. The molecule has 11 heteroatoms. The predicted molar refractivity (Wildman–Crippen MR) is 87.2 cm³/mol. The molecule has 1 rings (SSSR count). The van der Waals surface area contributed by atoms with Crippen LogP contribution < -0.4 is 0 Å². The Hall–Kier alpha value is -1.56. The van der Waals surface area contributed by atoms with Crippen molar-refractivity contribution in [3.05, 3.63) is 34.6 Å². The Morgan fingerprint density at radius 2 is 1.41 bits per heavy atom. The molecule has 154 valence electrons. The van der Waals surface area contributed by atoms with Crippen LogP contribution in [0.15, 0.2) is 0 Å². The average molecular weight is 416 g/mol. The minimum atomic E-state index is -2.33. The highest BCUT2D eigenvalue weighted by atomic mass is 28.2. The van der Waals surface area contributed by atoms with Crippen LogP contribution in [0.3, 0.4) is 0 Å². The fraction of sp³-hybridized carbons (Fsp3) is 0.562. The van der Waals surface area contributed by atoms with Crippen molar-refractivity contribution in [3.8, 4) is 0 Å². The number of esters is 1. The Morgan fingerprint density at radius 1 is 0.889 bits per heavy atom. The molecule has 0 aliphatic rings. The fourth-order valence-corrected chi connectivity index (χ4v) is 3.11. The number of ether oxygens (including phenoxy) is 3. The Bertz CT molecular complexity index is 597. The molecule has 27 heavy (non-hydrogen) atoms. The average Bonchev–Trinajstić information content (AvgIpc) is 2.64. The molecule has 0 unspecified atom stereocenters. The maximum absolute atomic E-state index is 13.5. The second-order valence-corrected chi connectivity index (χ2v) is 6.66. The van der Waals surface area contributed by atoms with Crippen molar-refractivity contribution in [2.24, 2.45) is 0 Å². The first-order valence-corrected chi connectivity index (χ1v) is 9.96. The van der Waals surface area contributed by atoms with E-state index in [0.29, 0.717) is 32.1 Å². The standard InChI is InChI=1S/C16H21F5O5Si/c1-3-23-16(24-4-2)26-27-8-6-5-7-25-15(22)9-10(17)12(19)14(21)13(20)11(9)18/h16H,3-8,27H2,1-2H3. The van der Waals surface area contributed by atoms with E-state index in [0.717, 1.165) is 0 Å². The summed E-state index contributed by atoms with van der Waals surface area (Å²) in [6, 6.07) is 0.691. The number of hydrogen-bond acceptors (Lipinski definition) is 5. The van der Waals surface area contributed by atoms with Crippen molar-refractivity contribution in [2.75, 3.05) is 19.8 Å². The summed E-state index contributed by atoms with van der Waals surface area (Å²) in [5.74, 6) is -12.7. The van der Waals surface area contributed by atoms with Gasteiger partial charge in [-0.25, -0.2) is 26.7 Å². The Kier molecular flexibility index (Phi) is 10.4. The van der Waals surface area contributed by atoms with E-state index in [1.165, 1.54) is 0 Å². The monoisotopic (exact) mass is 416 g/mol. The summed E-state index contributed by atoms with van der Waals surface area (Å²) in [6.07, 6.45) is 0.924. The normalized spacial score (nSPS) is 11.7. The molecular weight excluding hydrogens is 395 g/mol. The van der Waals surface area contributed by atoms with Crippen molar-refractivity contribution >= 4 is 15.7 Å². The van der Waals surface area contributed by atoms with Crippen LogP contribution in [0.4, 0.5) is 22.0 Å². The van der Waals surface area contributed by atoms with E-state index in [9.17, 15) is 26.7 Å². The number of rotatable bonds is 12. The third-order valence-corrected chi connectivity index (χ3v) is 4.59. The van der Waals surface area contributed by atoms with Gasteiger partial charge in [0.2, 0.25) is 5.82 Å². The van der Waals surface area contributed by atoms with Crippen LogP contribution in [0.1, 0.15) is 37.0 Å². The summed E-state index contributed by atoms with van der Waals surface area (Å²) in [7, 11) is -0.954. The van der Waals surface area contributed by atoms with Crippen LogP contribution in [-0.2, 0) is 18.6 Å². The maximum Gasteiger partial charge on any atom is 0.344 e. The Morgan fingerprint density at radius 3 is 1.93 bits per heavy atom. The highest BCUT2D eigenvalue weighted by molar-refractivity contribution is 6.27. The molecule has 0 amide bonds. The summed E-state index contributed by atoms with van der Waals surface area (Å²) in [5, 5.41) is 0. The van der Waals surface area contributed by atoms with Crippen molar-refractivity contribution in [3.63, 3.8) is 0 Å². The second kappa shape index (κ2) is 12.0. The van der Waals surface area contributed by atoms with Gasteiger partial charge in [0.05, 0.1) is 6.61 Å². The van der Waals surface area contributed by atoms with Crippen LogP contribution in [0.2, 0.25) is 6.04 Å². The molecule has 1 aromatic carbocycles. The minimum Gasteiger partial charge on any atom is -0.462 e. The van der Waals surface area contributed by atoms with E-state index in [2.05, 4.69) is 4.74 Å². The summed E-state index contributed by atoms with van der Waals surface area (Å²) >= 11 is 0. The Balaban J connectivity index is 2.39. The third kappa shape index (κ3) is 6.83. The molecule has 0 saturated heterocycles. The van der Waals surface area contributed by atoms with E-state index in [1.54, 1.807) is 13.8 Å². The van der Waals surface area contributed by atoms with Crippen molar-refractivity contribution in [1.82, 2.24) is 0 Å². The smallest absolute Gasteiger partial charge is 0.344 e. The van der Waals surface area contributed by atoms with E-state index in [4.69, 9.17) is 13.9 Å². The molecule has 5 nitrogen and oxygen atoms in total. The lowest BCUT2D eigenvalue weighted by atomic mass is 10.1. The lowest BCUT2D eigenvalue weighted by Crippen LogP contribution is -2.23. The van der Waals surface area contributed by atoms with Gasteiger partial charge >= 0.3 is 5.97 Å². The van der Waals surface area contributed by atoms with E-state index >= 15 is 0 Å². The SMILES string of the molecule is CCOC(OCC)O[SiH2]CCCCOC(=O)c1c(F)c(F)c(F)c(F)c1F. The van der Waals surface area contributed by atoms with Crippen LogP contribution in [0.25, 0.3) is 0 Å². The third-order valence-electron chi connectivity index (χ3n) is 3.30. The molecule has 0 aromatic heterocycles. The second-order valence-electron chi connectivity index (χ2n) is 5.21. The number of hydrogen-bond donors (Lipinski definition) is 0. The summed E-state index contributed by atoms with van der Waals surface area (Å²) in [4.78, 5) is 11.6. The lowest BCUT2D eigenvalue weighted by molar-refractivity contribution is -0.243. The molecule has 0 aliphatic carbocycles. The van der Waals surface area contributed by atoms with Gasteiger partial charge in [0.15, 0.2) is 33.0 Å². The summed E-state index contributed by atoms with van der Waals surface area (Å²) in [6.45, 7) is 3.54. The predicted octanol–water partition coefficient (Wildman–Crippen LogP) is 3.19. The van der Waals surface area contributed by atoms with Gasteiger partial charge in [-0.15, -0.1) is 0 Å². The molecular formula is C16H21F5O5Si. The number of carbonyl (C=O) groups excluding carboxylic acids is 1. The molecule has 0 fully saturated rings. The topological polar surface area (TPSA) is 54.0 Å². The zero-order chi connectivity index (χ0) is 20.4. The van der Waals surface area contributed by atoms with E-state index in [-0.39, 0.29) is 6.61 Å². The van der Waals surface area contributed by atoms with Crippen LogP contribution in [0, 0.1) is 29.1 Å². The van der Waals surface area contributed by atoms with Crippen molar-refractivity contribution in [2.45, 2.75) is 39.2 Å². The molecule has 0 saturated carbocycles. The highest BCUT2D eigenvalue weighted by Gasteiger charge is 2.30. The fourth-order valence-electron chi connectivity index (χ4n) is 2.00.